The van der Waals surface area contributed by atoms with E-state index in [0.29, 0.717) is 0 Å². The summed E-state index contributed by atoms with van der Waals surface area (Å²) in [4.78, 5) is 24.4. The molecule has 0 atom stereocenters. The van der Waals surface area contributed by atoms with E-state index in [0.717, 1.165) is 37.8 Å². The molecule has 0 N–H and O–H groups in total. The highest BCUT2D eigenvalue weighted by atomic mass is 16.1. The highest BCUT2D eigenvalue weighted by Gasteiger charge is 2.19. The zero-order valence-corrected chi connectivity index (χ0v) is 11.3. The quantitative estimate of drug-likeness (QED) is 0.760. The number of piperazine rings is 1. The van der Waals surface area contributed by atoms with Crippen LogP contribution in [-0.4, -0.2) is 45.9 Å². The van der Waals surface area contributed by atoms with Crippen molar-refractivity contribution in [1.29, 1.82) is 0 Å². The fraction of sp³-hybridized carbons (Fsp3) is 0.385. The summed E-state index contributed by atoms with van der Waals surface area (Å²) in [6, 6.07) is 3.44. The first kappa shape index (κ1) is 12.6. The average Bonchev–Trinajstić information content (AvgIpc) is 2.51. The molecule has 2 aromatic rings. The molecule has 0 amide bonds. The van der Waals surface area contributed by atoms with Gasteiger partial charge in [-0.15, -0.1) is 0 Å². The lowest BCUT2D eigenvalue weighted by molar-refractivity contribution is 0.632. The van der Waals surface area contributed by atoms with E-state index in [1.807, 2.05) is 6.07 Å². The maximum Gasteiger partial charge on any atom is 0.268 e. The lowest BCUT2D eigenvalue weighted by Crippen LogP contribution is -2.47. The van der Waals surface area contributed by atoms with Crippen LogP contribution in [0.15, 0.2) is 35.5 Å². The molecule has 2 aromatic heterocycles. The molecule has 3 rings (SSSR count). The summed E-state index contributed by atoms with van der Waals surface area (Å²) in [5, 5.41) is 4.06. The number of anilines is 2. The molecule has 0 unspecified atom stereocenters. The van der Waals surface area contributed by atoms with Crippen molar-refractivity contribution in [1.82, 2.24) is 19.7 Å². The van der Waals surface area contributed by atoms with Gasteiger partial charge in [-0.05, 0) is 6.07 Å². The molecule has 1 aliphatic heterocycles. The summed E-state index contributed by atoms with van der Waals surface area (Å²) >= 11 is 0. The number of rotatable bonds is 2. The molecule has 0 bridgehead atoms. The fourth-order valence-electron chi connectivity index (χ4n) is 2.25. The van der Waals surface area contributed by atoms with Gasteiger partial charge in [-0.3, -0.25) is 4.79 Å². The number of hydrogen-bond acceptors (Lipinski definition) is 6. The molecule has 1 saturated heterocycles. The van der Waals surface area contributed by atoms with Gasteiger partial charge in [0.05, 0.1) is 11.9 Å². The van der Waals surface area contributed by atoms with Gasteiger partial charge in [0.2, 0.25) is 5.95 Å². The summed E-state index contributed by atoms with van der Waals surface area (Å²) in [5.74, 6) is 0.759. The topological polar surface area (TPSA) is 67.2 Å². The van der Waals surface area contributed by atoms with Crippen LogP contribution in [0.5, 0.6) is 0 Å². The van der Waals surface area contributed by atoms with Gasteiger partial charge in [0, 0.05) is 51.7 Å². The van der Waals surface area contributed by atoms with Crippen LogP contribution < -0.4 is 15.4 Å². The smallest absolute Gasteiger partial charge is 0.268 e. The summed E-state index contributed by atoms with van der Waals surface area (Å²) in [7, 11) is 1.65. The Balaban J connectivity index is 1.69. The van der Waals surface area contributed by atoms with Gasteiger partial charge < -0.3 is 9.80 Å². The zero-order valence-electron chi connectivity index (χ0n) is 11.3. The minimum atomic E-state index is -0.0867. The van der Waals surface area contributed by atoms with Gasteiger partial charge >= 0.3 is 0 Å². The van der Waals surface area contributed by atoms with E-state index in [1.165, 1.54) is 4.68 Å². The second-order valence-corrected chi connectivity index (χ2v) is 4.70. The van der Waals surface area contributed by atoms with Crippen molar-refractivity contribution in [2.24, 2.45) is 7.05 Å². The van der Waals surface area contributed by atoms with Crippen LogP contribution in [0.2, 0.25) is 0 Å². The van der Waals surface area contributed by atoms with Crippen molar-refractivity contribution < 1.29 is 0 Å². The van der Waals surface area contributed by atoms with Crippen molar-refractivity contribution in [3.8, 4) is 0 Å². The Morgan fingerprint density at radius 1 is 1.05 bits per heavy atom. The molecular weight excluding hydrogens is 256 g/mol. The predicted molar refractivity (Wildman–Crippen MR) is 75.9 cm³/mol. The Morgan fingerprint density at radius 3 is 2.35 bits per heavy atom. The minimum Gasteiger partial charge on any atom is -0.367 e. The summed E-state index contributed by atoms with van der Waals surface area (Å²) in [6.45, 7) is 3.32. The van der Waals surface area contributed by atoms with E-state index in [-0.39, 0.29) is 5.56 Å². The third kappa shape index (κ3) is 2.47. The van der Waals surface area contributed by atoms with Crippen LogP contribution in [0.3, 0.4) is 0 Å². The molecular formula is C13H16N6O. The Hall–Kier alpha value is -2.44. The number of nitrogens with zero attached hydrogens (tertiary/aromatic N) is 6. The molecule has 0 radical (unpaired) electrons. The highest BCUT2D eigenvalue weighted by Crippen LogP contribution is 2.15. The van der Waals surface area contributed by atoms with Crippen molar-refractivity contribution in [3.05, 3.63) is 41.1 Å². The van der Waals surface area contributed by atoms with E-state index in [2.05, 4.69) is 24.9 Å². The van der Waals surface area contributed by atoms with Crippen molar-refractivity contribution in [2.45, 2.75) is 0 Å². The molecule has 104 valence electrons. The number of aryl methyl sites for hydroxylation is 1. The second kappa shape index (κ2) is 5.28. The first-order valence-corrected chi connectivity index (χ1v) is 6.54. The first-order chi connectivity index (χ1) is 9.74. The Bertz CT molecular complexity index is 633. The Kier molecular flexibility index (Phi) is 3.32. The molecule has 0 aromatic carbocycles. The zero-order chi connectivity index (χ0) is 13.9. The third-order valence-electron chi connectivity index (χ3n) is 3.43. The summed E-state index contributed by atoms with van der Waals surface area (Å²) in [6.07, 6.45) is 5.23. The maximum absolute atomic E-state index is 11.6. The van der Waals surface area contributed by atoms with Crippen LogP contribution >= 0.6 is 0 Å². The van der Waals surface area contributed by atoms with Crippen LogP contribution in [0.1, 0.15) is 0 Å². The largest absolute Gasteiger partial charge is 0.367 e. The minimum absolute atomic E-state index is 0.0867. The van der Waals surface area contributed by atoms with Gasteiger partial charge in [0.15, 0.2) is 0 Å². The first-order valence-electron chi connectivity index (χ1n) is 6.54. The van der Waals surface area contributed by atoms with E-state index in [4.69, 9.17) is 0 Å². The van der Waals surface area contributed by atoms with Crippen LogP contribution in [0.4, 0.5) is 11.6 Å². The average molecular weight is 272 g/mol. The molecule has 20 heavy (non-hydrogen) atoms. The monoisotopic (exact) mass is 272 g/mol. The van der Waals surface area contributed by atoms with E-state index in [1.54, 1.807) is 31.7 Å². The van der Waals surface area contributed by atoms with Gasteiger partial charge in [-0.1, -0.05) is 0 Å². The van der Waals surface area contributed by atoms with Crippen LogP contribution in [-0.2, 0) is 7.05 Å². The SMILES string of the molecule is Cn1ncc(N2CCN(c3ncccn3)CC2)cc1=O. The molecule has 0 aliphatic carbocycles. The molecule has 1 fully saturated rings. The number of hydrogen-bond donors (Lipinski definition) is 0. The van der Waals surface area contributed by atoms with Crippen LogP contribution in [0, 0.1) is 0 Å². The van der Waals surface area contributed by atoms with Crippen molar-refractivity contribution >= 4 is 11.6 Å². The standard InChI is InChI=1S/C13H16N6O/c1-17-12(20)9-11(10-16-17)18-5-7-19(8-6-18)13-14-3-2-4-15-13/h2-4,9-10H,5-8H2,1H3. The normalized spacial score (nSPS) is 15.4. The number of aromatic nitrogens is 4. The lowest BCUT2D eigenvalue weighted by Gasteiger charge is -2.35. The fourth-order valence-corrected chi connectivity index (χ4v) is 2.25. The highest BCUT2D eigenvalue weighted by molar-refractivity contribution is 5.45. The van der Waals surface area contributed by atoms with Gasteiger partial charge in [0.1, 0.15) is 0 Å². The Labute approximate surface area is 116 Å². The second-order valence-electron chi connectivity index (χ2n) is 4.70. The Morgan fingerprint density at radius 2 is 1.70 bits per heavy atom. The van der Waals surface area contributed by atoms with E-state index < -0.39 is 0 Å². The van der Waals surface area contributed by atoms with Crippen molar-refractivity contribution in [3.63, 3.8) is 0 Å². The predicted octanol–water partition coefficient (Wildman–Crippen LogP) is -0.103. The maximum atomic E-state index is 11.6. The van der Waals surface area contributed by atoms with Gasteiger partial charge in [-0.2, -0.15) is 5.10 Å². The third-order valence-corrected chi connectivity index (χ3v) is 3.43. The molecule has 7 heteroatoms. The molecule has 0 spiro atoms. The van der Waals surface area contributed by atoms with Crippen molar-refractivity contribution in [2.75, 3.05) is 36.0 Å². The van der Waals surface area contributed by atoms with Gasteiger partial charge in [0.25, 0.3) is 5.56 Å². The molecule has 3 heterocycles. The van der Waals surface area contributed by atoms with E-state index in [9.17, 15) is 4.79 Å². The molecule has 0 saturated carbocycles. The van der Waals surface area contributed by atoms with Gasteiger partial charge in [-0.25, -0.2) is 14.6 Å². The van der Waals surface area contributed by atoms with E-state index >= 15 is 0 Å². The van der Waals surface area contributed by atoms with Crippen LogP contribution in [0.25, 0.3) is 0 Å². The lowest BCUT2D eigenvalue weighted by atomic mass is 10.3. The molecule has 7 nitrogen and oxygen atoms in total. The summed E-state index contributed by atoms with van der Waals surface area (Å²) in [5.41, 5.74) is 0.790. The molecule has 1 aliphatic rings. The summed E-state index contributed by atoms with van der Waals surface area (Å²) < 4.78 is 1.33.